The molecule has 0 fully saturated rings. The van der Waals surface area contributed by atoms with Crippen molar-refractivity contribution in [1.82, 2.24) is 0 Å². The van der Waals surface area contributed by atoms with Gasteiger partial charge in [0.25, 0.3) is 0 Å². The van der Waals surface area contributed by atoms with Gasteiger partial charge in [0, 0.05) is 0 Å². The highest BCUT2D eigenvalue weighted by Gasteiger charge is 2.03. The first kappa shape index (κ1) is 14.1. The lowest BCUT2D eigenvalue weighted by Crippen LogP contribution is -2.11. The van der Waals surface area contributed by atoms with Gasteiger partial charge in [0.15, 0.2) is 0 Å². The number of aliphatic imine (C=N–C) groups is 1. The van der Waals surface area contributed by atoms with E-state index in [0.29, 0.717) is 5.84 Å². The summed E-state index contributed by atoms with van der Waals surface area (Å²) in [5.74, 6) is 0.483. The molecule has 0 spiro atoms. The maximum Gasteiger partial charge on any atom is 0.126 e. The van der Waals surface area contributed by atoms with Gasteiger partial charge < -0.3 is 5.73 Å². The summed E-state index contributed by atoms with van der Waals surface area (Å²) in [5, 5.41) is 0. The Morgan fingerprint density at radius 3 is 2.35 bits per heavy atom. The van der Waals surface area contributed by atoms with E-state index in [1.807, 2.05) is 19.9 Å². The number of benzene rings is 2. The summed E-state index contributed by atoms with van der Waals surface area (Å²) in [6.07, 6.45) is 0. The highest BCUT2D eigenvalue weighted by atomic mass is 14.9. The Kier molecular flexibility index (Phi) is 4.04. The molecule has 2 N–H and O–H groups in total. The molecule has 2 aromatic rings. The second-order valence-corrected chi connectivity index (χ2v) is 5.15. The minimum absolute atomic E-state index is 0.483. The molecule has 102 valence electrons. The van der Waals surface area contributed by atoms with Crippen LogP contribution < -0.4 is 5.73 Å². The van der Waals surface area contributed by atoms with Gasteiger partial charge >= 0.3 is 0 Å². The van der Waals surface area contributed by atoms with Gasteiger partial charge in [-0.3, -0.25) is 0 Å². The fourth-order valence-corrected chi connectivity index (χ4v) is 2.01. The Hall–Kier alpha value is -2.35. The van der Waals surface area contributed by atoms with Crippen molar-refractivity contribution in [2.24, 2.45) is 10.7 Å². The van der Waals surface area contributed by atoms with E-state index in [4.69, 9.17) is 5.73 Å². The SMILES string of the molecule is C=C(C)C(N)=Nc1ccc(-c2cccc(C)c2)cc1C. The molecule has 0 aliphatic rings. The van der Waals surface area contributed by atoms with Crippen LogP contribution in [0.2, 0.25) is 0 Å². The maximum atomic E-state index is 5.84. The van der Waals surface area contributed by atoms with E-state index in [1.54, 1.807) is 0 Å². The van der Waals surface area contributed by atoms with Gasteiger partial charge in [-0.1, -0.05) is 42.5 Å². The molecular weight excluding hydrogens is 244 g/mol. The number of nitrogens with zero attached hydrogens (tertiary/aromatic N) is 1. The fraction of sp³-hybridized carbons (Fsp3) is 0.167. The van der Waals surface area contributed by atoms with Crippen LogP contribution in [-0.4, -0.2) is 5.84 Å². The lowest BCUT2D eigenvalue weighted by Gasteiger charge is -2.07. The topological polar surface area (TPSA) is 38.4 Å². The summed E-state index contributed by atoms with van der Waals surface area (Å²) in [4.78, 5) is 4.41. The molecule has 0 unspecified atom stereocenters. The largest absolute Gasteiger partial charge is 0.383 e. The van der Waals surface area contributed by atoms with Crippen LogP contribution in [0.3, 0.4) is 0 Å². The molecule has 0 saturated carbocycles. The first-order valence-corrected chi connectivity index (χ1v) is 6.65. The third-order valence-electron chi connectivity index (χ3n) is 3.23. The van der Waals surface area contributed by atoms with Crippen LogP contribution in [0, 0.1) is 13.8 Å². The number of nitrogens with two attached hydrogens (primary N) is 1. The van der Waals surface area contributed by atoms with Crippen molar-refractivity contribution in [3.8, 4) is 11.1 Å². The second kappa shape index (κ2) is 5.74. The molecule has 2 rings (SSSR count). The summed E-state index contributed by atoms with van der Waals surface area (Å²) in [6.45, 7) is 9.80. The zero-order chi connectivity index (χ0) is 14.7. The zero-order valence-corrected chi connectivity index (χ0v) is 12.3. The molecule has 20 heavy (non-hydrogen) atoms. The Morgan fingerprint density at radius 2 is 1.75 bits per heavy atom. The van der Waals surface area contributed by atoms with Gasteiger partial charge in [0.05, 0.1) is 5.69 Å². The molecular formula is C18H20N2. The molecule has 0 bridgehead atoms. The van der Waals surface area contributed by atoms with Crippen LogP contribution in [0.4, 0.5) is 5.69 Å². The van der Waals surface area contributed by atoms with E-state index in [1.165, 1.54) is 16.7 Å². The molecule has 0 atom stereocenters. The quantitative estimate of drug-likeness (QED) is 0.641. The summed E-state index contributed by atoms with van der Waals surface area (Å²) >= 11 is 0. The van der Waals surface area contributed by atoms with Crippen LogP contribution in [-0.2, 0) is 0 Å². The van der Waals surface area contributed by atoms with Crippen LogP contribution in [0.15, 0.2) is 59.6 Å². The van der Waals surface area contributed by atoms with Crippen LogP contribution in [0.5, 0.6) is 0 Å². The second-order valence-electron chi connectivity index (χ2n) is 5.15. The Balaban J connectivity index is 2.40. The van der Waals surface area contributed by atoms with E-state index in [9.17, 15) is 0 Å². The monoisotopic (exact) mass is 264 g/mol. The number of hydrogen-bond acceptors (Lipinski definition) is 1. The Bertz CT molecular complexity index is 682. The van der Waals surface area contributed by atoms with Crippen molar-refractivity contribution in [1.29, 1.82) is 0 Å². The fourth-order valence-electron chi connectivity index (χ4n) is 2.01. The lowest BCUT2D eigenvalue weighted by molar-refractivity contribution is 1.36. The third-order valence-corrected chi connectivity index (χ3v) is 3.23. The van der Waals surface area contributed by atoms with E-state index in [2.05, 4.69) is 54.9 Å². The first-order valence-electron chi connectivity index (χ1n) is 6.65. The molecule has 2 aromatic carbocycles. The standard InChI is InChI=1S/C18H20N2/c1-12(2)18(19)20-17-9-8-16(11-14(17)4)15-7-5-6-13(3)10-15/h5-11H,1H2,2-4H3,(H2,19,20). The van der Waals surface area contributed by atoms with Crippen LogP contribution in [0.1, 0.15) is 18.1 Å². The number of hydrogen-bond donors (Lipinski definition) is 1. The van der Waals surface area contributed by atoms with Gasteiger partial charge in [0.1, 0.15) is 5.84 Å². The molecule has 2 nitrogen and oxygen atoms in total. The van der Waals surface area contributed by atoms with Crippen LogP contribution in [0.25, 0.3) is 11.1 Å². The molecule has 0 saturated heterocycles. The van der Waals surface area contributed by atoms with Gasteiger partial charge in [-0.05, 0) is 55.2 Å². The van der Waals surface area contributed by atoms with E-state index < -0.39 is 0 Å². The summed E-state index contributed by atoms with van der Waals surface area (Å²) in [7, 11) is 0. The normalized spacial score (nSPS) is 11.4. The smallest absolute Gasteiger partial charge is 0.126 e. The summed E-state index contributed by atoms with van der Waals surface area (Å²) in [6, 6.07) is 14.7. The number of amidine groups is 1. The molecule has 0 aromatic heterocycles. The lowest BCUT2D eigenvalue weighted by atomic mass is 10.0. The van der Waals surface area contributed by atoms with E-state index >= 15 is 0 Å². The zero-order valence-electron chi connectivity index (χ0n) is 12.3. The molecule has 0 aliphatic heterocycles. The van der Waals surface area contributed by atoms with Gasteiger partial charge in [0.2, 0.25) is 0 Å². The Labute approximate surface area is 120 Å². The third kappa shape index (κ3) is 3.15. The van der Waals surface area contributed by atoms with Gasteiger partial charge in [-0.25, -0.2) is 4.99 Å². The van der Waals surface area contributed by atoms with E-state index in [0.717, 1.165) is 16.8 Å². The predicted molar refractivity (Wildman–Crippen MR) is 87.4 cm³/mol. The van der Waals surface area contributed by atoms with E-state index in [-0.39, 0.29) is 0 Å². The van der Waals surface area contributed by atoms with Crippen LogP contribution >= 0.6 is 0 Å². The average molecular weight is 264 g/mol. The van der Waals surface area contributed by atoms with Crippen molar-refractivity contribution in [3.63, 3.8) is 0 Å². The van der Waals surface area contributed by atoms with Crippen molar-refractivity contribution in [2.45, 2.75) is 20.8 Å². The van der Waals surface area contributed by atoms with Crippen molar-refractivity contribution >= 4 is 11.5 Å². The average Bonchev–Trinajstić information content (AvgIpc) is 2.40. The predicted octanol–water partition coefficient (Wildman–Crippen LogP) is 4.54. The molecule has 0 aliphatic carbocycles. The minimum Gasteiger partial charge on any atom is -0.383 e. The highest BCUT2D eigenvalue weighted by Crippen LogP contribution is 2.27. The molecule has 0 heterocycles. The molecule has 0 amide bonds. The van der Waals surface area contributed by atoms with Gasteiger partial charge in [-0.15, -0.1) is 0 Å². The first-order chi connectivity index (χ1) is 9.47. The Morgan fingerprint density at radius 1 is 1.05 bits per heavy atom. The van der Waals surface area contributed by atoms with Crippen molar-refractivity contribution in [3.05, 3.63) is 65.7 Å². The number of aryl methyl sites for hydroxylation is 2. The minimum atomic E-state index is 0.483. The summed E-state index contributed by atoms with van der Waals surface area (Å²) < 4.78 is 0. The maximum absolute atomic E-state index is 5.84. The highest BCUT2D eigenvalue weighted by molar-refractivity contribution is 5.97. The van der Waals surface area contributed by atoms with Crippen molar-refractivity contribution < 1.29 is 0 Å². The number of rotatable bonds is 3. The van der Waals surface area contributed by atoms with Crippen molar-refractivity contribution in [2.75, 3.05) is 0 Å². The van der Waals surface area contributed by atoms with Gasteiger partial charge in [-0.2, -0.15) is 0 Å². The molecule has 0 radical (unpaired) electrons. The summed E-state index contributed by atoms with van der Waals surface area (Å²) in [5.41, 5.74) is 12.3. The molecule has 2 heteroatoms.